The normalized spacial score (nSPS) is 20.8. The fourth-order valence-electron chi connectivity index (χ4n) is 8.13. The number of hydrogen-bond donors (Lipinski definition) is 2. The molecule has 54 heavy (non-hydrogen) atoms. The molecular formula is C44H52N4O3P2S. The van der Waals surface area contributed by atoms with Crippen LogP contribution in [0.1, 0.15) is 44.9 Å². The molecule has 3 fully saturated rings. The third-order valence-electron chi connectivity index (χ3n) is 10.9. The maximum atomic E-state index is 14.9. The number of rotatable bonds is 16. The third-order valence-corrected chi connectivity index (χ3v) is 17.4. The summed E-state index contributed by atoms with van der Waals surface area (Å²) >= 11 is 1.92. The van der Waals surface area contributed by atoms with Gasteiger partial charge in [-0.2, -0.15) is 11.8 Å². The lowest BCUT2D eigenvalue weighted by molar-refractivity contribution is -0.147. The molecule has 0 aliphatic carbocycles. The fraction of sp³-hybridized carbons (Fsp3) is 0.386. The van der Waals surface area contributed by atoms with Gasteiger partial charge in [0.25, 0.3) is 0 Å². The molecule has 7 nitrogen and oxygen atoms in total. The van der Waals surface area contributed by atoms with Crippen LogP contribution in [0.4, 0.5) is 4.79 Å². The Hall–Kier alpha value is -3.70. The van der Waals surface area contributed by atoms with Crippen molar-refractivity contribution >= 4 is 66.7 Å². The van der Waals surface area contributed by atoms with E-state index in [-0.39, 0.29) is 29.9 Å². The lowest BCUT2D eigenvalue weighted by atomic mass is 9.99. The molecule has 282 valence electrons. The minimum absolute atomic E-state index is 0.0613. The average Bonchev–Trinajstić information content (AvgIpc) is 3.79. The van der Waals surface area contributed by atoms with Crippen LogP contribution in [0.2, 0.25) is 0 Å². The zero-order valence-corrected chi connectivity index (χ0v) is 33.6. The molecule has 4 aromatic rings. The van der Waals surface area contributed by atoms with Crippen LogP contribution >= 0.6 is 27.6 Å². The molecular weight excluding hydrogens is 727 g/mol. The Morgan fingerprint density at radius 1 is 0.704 bits per heavy atom. The van der Waals surface area contributed by atoms with Gasteiger partial charge in [0.15, 0.2) is 0 Å². The lowest BCUT2D eigenvalue weighted by Gasteiger charge is -2.38. The highest BCUT2D eigenvalue weighted by Crippen LogP contribution is 2.36. The van der Waals surface area contributed by atoms with Crippen LogP contribution in [0.25, 0.3) is 0 Å². The van der Waals surface area contributed by atoms with E-state index in [1.165, 1.54) is 21.2 Å². The lowest BCUT2D eigenvalue weighted by Crippen LogP contribution is -2.54. The highest BCUT2D eigenvalue weighted by molar-refractivity contribution is 8.00. The van der Waals surface area contributed by atoms with E-state index < -0.39 is 21.9 Å². The average molecular weight is 779 g/mol. The highest BCUT2D eigenvalue weighted by atomic mass is 32.2. The van der Waals surface area contributed by atoms with Crippen molar-refractivity contribution in [3.63, 3.8) is 0 Å². The zero-order chi connectivity index (χ0) is 37.1. The fourth-order valence-corrected chi connectivity index (χ4v) is 14.3. The molecule has 10 heteroatoms. The van der Waals surface area contributed by atoms with Crippen LogP contribution in [0, 0.1) is 0 Å². The van der Waals surface area contributed by atoms with Gasteiger partial charge in [0.1, 0.15) is 6.04 Å². The van der Waals surface area contributed by atoms with Gasteiger partial charge < -0.3 is 20.4 Å². The van der Waals surface area contributed by atoms with Gasteiger partial charge in [-0.25, -0.2) is 4.79 Å². The van der Waals surface area contributed by atoms with E-state index >= 15 is 0 Å². The number of carbonyl (C=O) groups excluding carboxylic acids is 3. The van der Waals surface area contributed by atoms with Crippen molar-refractivity contribution in [2.45, 2.75) is 68.3 Å². The zero-order valence-electron chi connectivity index (χ0n) is 31.0. The van der Waals surface area contributed by atoms with Crippen LogP contribution in [-0.2, 0) is 9.59 Å². The van der Waals surface area contributed by atoms with Gasteiger partial charge in [-0.15, -0.1) is 0 Å². The van der Waals surface area contributed by atoms with Gasteiger partial charge in [0.2, 0.25) is 11.8 Å². The quantitative estimate of drug-likeness (QED) is 0.0809. The first-order chi connectivity index (χ1) is 26.5. The molecule has 0 spiro atoms. The molecule has 4 amide bonds. The summed E-state index contributed by atoms with van der Waals surface area (Å²) in [4.78, 5) is 44.7. The molecule has 4 atom stereocenters. The number of unbranched alkanes of at least 4 members (excludes halogenated alkanes) is 1. The van der Waals surface area contributed by atoms with E-state index in [4.69, 9.17) is 0 Å². The molecule has 0 saturated carbocycles. The molecule has 4 aromatic carbocycles. The van der Waals surface area contributed by atoms with Gasteiger partial charge in [-0.05, 0) is 81.5 Å². The van der Waals surface area contributed by atoms with E-state index in [1.807, 2.05) is 16.7 Å². The summed E-state index contributed by atoms with van der Waals surface area (Å²) in [5.74, 6) is 1.15. The second-order valence-corrected chi connectivity index (χ2v) is 20.4. The summed E-state index contributed by atoms with van der Waals surface area (Å²) < 4.78 is 0. The van der Waals surface area contributed by atoms with Crippen molar-refractivity contribution in [2.75, 3.05) is 37.7 Å². The first-order valence-corrected chi connectivity index (χ1v) is 23.7. The molecule has 0 bridgehead atoms. The number of fused-ring (bicyclic) bond motifs is 1. The Kier molecular flexibility index (Phi) is 13.7. The van der Waals surface area contributed by atoms with Gasteiger partial charge >= 0.3 is 6.03 Å². The summed E-state index contributed by atoms with van der Waals surface area (Å²) in [6.07, 6.45) is 7.51. The number of likely N-dealkylation sites (tertiary alicyclic amines) is 1. The largest absolute Gasteiger partial charge is 0.340 e. The SMILES string of the molecule is O=C1N[C@H]2[C@H](CS[C@H]2CCCCC(=O)N2CCCC[C@H]2C(=O)N(CCP(c2ccccc2)c2ccccc2)CCP(c2ccccc2)c2ccccc2)N1. The molecule has 3 aliphatic heterocycles. The summed E-state index contributed by atoms with van der Waals surface area (Å²) in [6, 6.07) is 42.9. The molecule has 7 rings (SSSR count). The van der Waals surface area contributed by atoms with E-state index in [9.17, 15) is 14.4 Å². The number of urea groups is 1. The number of nitrogens with one attached hydrogen (secondary N) is 2. The van der Waals surface area contributed by atoms with Crippen molar-refractivity contribution in [2.24, 2.45) is 0 Å². The van der Waals surface area contributed by atoms with Gasteiger partial charge in [0, 0.05) is 37.1 Å². The second kappa shape index (κ2) is 19.2. The minimum atomic E-state index is -0.681. The molecule has 2 N–H and O–H groups in total. The predicted molar refractivity (Wildman–Crippen MR) is 228 cm³/mol. The van der Waals surface area contributed by atoms with Crippen LogP contribution in [0.5, 0.6) is 0 Å². The van der Waals surface area contributed by atoms with Crippen molar-refractivity contribution in [3.8, 4) is 0 Å². The van der Waals surface area contributed by atoms with Gasteiger partial charge in [0.05, 0.1) is 12.1 Å². The first kappa shape index (κ1) is 38.6. The molecule has 3 saturated heterocycles. The molecule has 3 heterocycles. The van der Waals surface area contributed by atoms with Crippen LogP contribution in [0.3, 0.4) is 0 Å². The number of amides is 4. The van der Waals surface area contributed by atoms with Gasteiger partial charge in [-0.3, -0.25) is 9.59 Å². The standard InChI is InChI=1S/C44H52N4O3P2S/c49-41(27-14-13-26-40-42-38(33-54-40)45-44(51)46-42)48-28-16-15-25-39(48)43(50)47(29-31-52(34-17-5-1-6-18-34)35-19-7-2-8-20-35)30-32-53(36-21-9-3-10-22-36)37-23-11-4-12-24-37/h1-12,17-24,38-40,42H,13-16,25-33H2,(H2,45,46,51)/t38-,39-,40-,42-/m0/s1. The monoisotopic (exact) mass is 778 g/mol. The van der Waals surface area contributed by atoms with Crippen molar-refractivity contribution in [1.29, 1.82) is 0 Å². The number of carbonyl (C=O) groups is 3. The smallest absolute Gasteiger partial charge is 0.315 e. The molecule has 0 radical (unpaired) electrons. The molecule has 0 aromatic heterocycles. The van der Waals surface area contributed by atoms with Crippen LogP contribution in [-0.4, -0.2) is 88.7 Å². The van der Waals surface area contributed by atoms with Crippen molar-refractivity contribution < 1.29 is 14.4 Å². The van der Waals surface area contributed by atoms with E-state index in [2.05, 4.69) is 137 Å². The Labute approximate surface area is 327 Å². The van der Waals surface area contributed by atoms with Crippen molar-refractivity contribution in [3.05, 3.63) is 121 Å². The minimum Gasteiger partial charge on any atom is -0.340 e. The molecule has 3 aliphatic rings. The Balaban J connectivity index is 1.07. The maximum Gasteiger partial charge on any atom is 0.315 e. The van der Waals surface area contributed by atoms with Crippen molar-refractivity contribution in [1.82, 2.24) is 20.4 Å². The van der Waals surface area contributed by atoms with Crippen LogP contribution in [0.15, 0.2) is 121 Å². The molecule has 0 unspecified atom stereocenters. The van der Waals surface area contributed by atoms with Gasteiger partial charge in [-0.1, -0.05) is 128 Å². The van der Waals surface area contributed by atoms with Crippen LogP contribution < -0.4 is 31.9 Å². The Morgan fingerprint density at radius 2 is 1.22 bits per heavy atom. The number of piperidine rings is 1. The predicted octanol–water partition coefficient (Wildman–Crippen LogP) is 6.19. The summed E-state index contributed by atoms with van der Waals surface area (Å²) in [5.41, 5.74) is 0. The van der Waals surface area contributed by atoms with E-state index in [0.29, 0.717) is 37.7 Å². The number of thioether (sulfide) groups is 1. The number of benzene rings is 4. The summed E-state index contributed by atoms with van der Waals surface area (Å²) in [5, 5.41) is 11.7. The maximum absolute atomic E-state index is 14.9. The highest BCUT2D eigenvalue weighted by Gasteiger charge is 2.42. The Morgan fingerprint density at radius 3 is 1.74 bits per heavy atom. The second-order valence-electron chi connectivity index (χ2n) is 14.4. The van der Waals surface area contributed by atoms with E-state index in [0.717, 1.165) is 50.2 Å². The first-order valence-electron chi connectivity index (χ1n) is 19.6. The Bertz CT molecular complexity index is 1640. The number of nitrogens with zero attached hydrogens (tertiary/aromatic N) is 2. The summed E-state index contributed by atoms with van der Waals surface area (Å²) in [6.45, 7) is 1.93. The summed E-state index contributed by atoms with van der Waals surface area (Å²) in [7, 11) is -1.36. The number of hydrogen-bond acceptors (Lipinski definition) is 4. The third kappa shape index (κ3) is 9.75. The topological polar surface area (TPSA) is 81.8 Å². The van der Waals surface area contributed by atoms with E-state index in [1.54, 1.807) is 0 Å².